The van der Waals surface area contributed by atoms with Crippen LogP contribution in [0.2, 0.25) is 0 Å². The van der Waals surface area contributed by atoms with Crippen LogP contribution in [0.1, 0.15) is 24.2 Å². The summed E-state index contributed by atoms with van der Waals surface area (Å²) in [4.78, 5) is 0. The van der Waals surface area contributed by atoms with Gasteiger partial charge in [-0.2, -0.15) is 0 Å². The summed E-state index contributed by atoms with van der Waals surface area (Å²) >= 11 is 3.32. The Morgan fingerprint density at radius 3 is 2.57 bits per heavy atom. The van der Waals surface area contributed by atoms with Crippen molar-refractivity contribution in [3.63, 3.8) is 0 Å². The summed E-state index contributed by atoms with van der Waals surface area (Å²) in [6.45, 7) is 2.36. The maximum Gasteiger partial charge on any atom is 0.126 e. The summed E-state index contributed by atoms with van der Waals surface area (Å²) < 4.78 is 20.2. The molecule has 0 spiro atoms. The van der Waals surface area contributed by atoms with Crippen molar-refractivity contribution in [1.29, 1.82) is 0 Å². The van der Waals surface area contributed by atoms with Crippen molar-refractivity contribution in [3.05, 3.63) is 69.9 Å². The van der Waals surface area contributed by atoms with Gasteiger partial charge in [0.15, 0.2) is 0 Å². The van der Waals surface area contributed by atoms with E-state index in [1.165, 1.54) is 6.07 Å². The van der Waals surface area contributed by atoms with Gasteiger partial charge in [-0.3, -0.25) is 0 Å². The topological polar surface area (TPSA) is 29.5 Å². The van der Waals surface area contributed by atoms with Gasteiger partial charge in [0.2, 0.25) is 0 Å². The van der Waals surface area contributed by atoms with E-state index in [1.54, 1.807) is 12.1 Å². The summed E-state index contributed by atoms with van der Waals surface area (Å²) in [5.74, 6) is -0.319. The Hall–Kier alpha value is -1.23. The number of hydrogen-bond donors (Lipinski definition) is 1. The minimum Gasteiger partial charge on any atom is -0.390 e. The summed E-state index contributed by atoms with van der Waals surface area (Å²) in [5.41, 5.74) is 1.36. The molecule has 21 heavy (non-hydrogen) atoms. The second-order valence-electron chi connectivity index (χ2n) is 4.79. The Morgan fingerprint density at radius 1 is 1.19 bits per heavy atom. The van der Waals surface area contributed by atoms with Crippen molar-refractivity contribution in [2.45, 2.75) is 25.6 Å². The monoisotopic (exact) mass is 352 g/mol. The van der Waals surface area contributed by atoms with Gasteiger partial charge in [-0.1, -0.05) is 46.3 Å². The molecule has 0 heterocycles. The largest absolute Gasteiger partial charge is 0.390 e. The van der Waals surface area contributed by atoms with Crippen LogP contribution in [0.4, 0.5) is 4.39 Å². The van der Waals surface area contributed by atoms with Gasteiger partial charge < -0.3 is 9.84 Å². The van der Waals surface area contributed by atoms with Crippen LogP contribution in [0.15, 0.2) is 53.0 Å². The molecule has 2 atom stereocenters. The Balaban J connectivity index is 2.19. The number of aliphatic hydroxyl groups is 1. The fourth-order valence-corrected chi connectivity index (χ4v) is 2.69. The van der Waals surface area contributed by atoms with Crippen molar-refractivity contribution < 1.29 is 14.2 Å². The summed E-state index contributed by atoms with van der Waals surface area (Å²) in [7, 11) is 0. The Labute approximate surface area is 132 Å². The fraction of sp³-hybridized carbons (Fsp3) is 0.294. The molecule has 2 nitrogen and oxygen atoms in total. The Morgan fingerprint density at radius 2 is 1.90 bits per heavy atom. The lowest BCUT2D eigenvalue weighted by Crippen LogP contribution is -2.24. The van der Waals surface area contributed by atoms with E-state index in [0.29, 0.717) is 12.2 Å². The molecule has 2 aromatic carbocycles. The normalized spacial score (nSPS) is 13.9. The number of benzene rings is 2. The second-order valence-corrected chi connectivity index (χ2v) is 5.71. The van der Waals surface area contributed by atoms with Crippen molar-refractivity contribution in [1.82, 2.24) is 0 Å². The number of rotatable bonds is 6. The van der Waals surface area contributed by atoms with E-state index >= 15 is 0 Å². The first-order valence-electron chi connectivity index (χ1n) is 6.90. The Bertz CT molecular complexity index is 574. The number of aliphatic hydroxyl groups excluding tert-OH is 1. The first-order valence-corrected chi connectivity index (χ1v) is 7.69. The van der Waals surface area contributed by atoms with Crippen LogP contribution in [-0.2, 0) is 11.2 Å². The molecule has 2 aromatic rings. The predicted molar refractivity (Wildman–Crippen MR) is 84.6 cm³/mol. The highest BCUT2D eigenvalue weighted by Crippen LogP contribution is 2.25. The third-order valence-electron chi connectivity index (χ3n) is 3.26. The van der Waals surface area contributed by atoms with Crippen LogP contribution >= 0.6 is 15.9 Å². The average Bonchev–Trinajstić information content (AvgIpc) is 2.49. The highest BCUT2D eigenvalue weighted by molar-refractivity contribution is 9.10. The number of halogens is 2. The molecule has 0 aliphatic rings. The maximum absolute atomic E-state index is 13.8. The predicted octanol–water partition coefficient (Wildman–Crippen LogP) is 4.27. The van der Waals surface area contributed by atoms with Gasteiger partial charge in [0.1, 0.15) is 11.9 Å². The molecule has 0 aliphatic carbocycles. The molecule has 0 saturated heterocycles. The number of hydrogen-bond acceptors (Lipinski definition) is 2. The van der Waals surface area contributed by atoms with Gasteiger partial charge in [0, 0.05) is 17.5 Å². The SMILES string of the molecule is CCOC(c1ccccc1)C(O)Cc1cc(Br)ccc1F. The number of ether oxygens (including phenoxy) is 1. The van der Waals surface area contributed by atoms with Gasteiger partial charge in [-0.15, -0.1) is 0 Å². The minimum atomic E-state index is -0.809. The lowest BCUT2D eigenvalue weighted by molar-refractivity contribution is -0.0342. The molecule has 0 radical (unpaired) electrons. The van der Waals surface area contributed by atoms with E-state index in [9.17, 15) is 9.50 Å². The maximum atomic E-state index is 13.8. The highest BCUT2D eigenvalue weighted by Gasteiger charge is 2.23. The van der Waals surface area contributed by atoms with Crippen LogP contribution in [-0.4, -0.2) is 17.8 Å². The molecular formula is C17H18BrFO2. The van der Waals surface area contributed by atoms with Crippen LogP contribution < -0.4 is 0 Å². The highest BCUT2D eigenvalue weighted by atomic mass is 79.9. The van der Waals surface area contributed by atoms with Crippen molar-refractivity contribution in [2.24, 2.45) is 0 Å². The first-order chi connectivity index (χ1) is 10.1. The average molecular weight is 353 g/mol. The fourth-order valence-electron chi connectivity index (χ4n) is 2.28. The molecule has 2 rings (SSSR count). The van der Waals surface area contributed by atoms with E-state index in [1.807, 2.05) is 37.3 Å². The van der Waals surface area contributed by atoms with Gasteiger partial charge >= 0.3 is 0 Å². The van der Waals surface area contributed by atoms with Gasteiger partial charge in [0.25, 0.3) is 0 Å². The zero-order valence-corrected chi connectivity index (χ0v) is 13.4. The smallest absolute Gasteiger partial charge is 0.126 e. The second kappa shape index (κ2) is 7.69. The molecule has 112 valence electrons. The Kier molecular flexibility index (Phi) is 5.91. The zero-order chi connectivity index (χ0) is 15.2. The first kappa shape index (κ1) is 16.1. The van der Waals surface area contributed by atoms with Crippen molar-refractivity contribution >= 4 is 15.9 Å². The molecule has 0 saturated carbocycles. The molecule has 0 aromatic heterocycles. The van der Waals surface area contributed by atoms with E-state index in [0.717, 1.165) is 10.0 Å². The molecule has 0 amide bonds. The van der Waals surface area contributed by atoms with E-state index < -0.39 is 12.2 Å². The molecular weight excluding hydrogens is 335 g/mol. The van der Waals surface area contributed by atoms with Crippen LogP contribution in [0.5, 0.6) is 0 Å². The minimum absolute atomic E-state index is 0.199. The summed E-state index contributed by atoms with van der Waals surface area (Å²) in [6, 6.07) is 14.2. The molecule has 0 aliphatic heterocycles. The quantitative estimate of drug-likeness (QED) is 0.841. The van der Waals surface area contributed by atoms with Gasteiger partial charge in [0.05, 0.1) is 6.10 Å². The van der Waals surface area contributed by atoms with E-state index in [4.69, 9.17) is 4.74 Å². The summed E-state index contributed by atoms with van der Waals surface area (Å²) in [5, 5.41) is 10.5. The molecule has 1 N–H and O–H groups in total. The molecule has 0 bridgehead atoms. The van der Waals surface area contributed by atoms with Crippen LogP contribution in [0.25, 0.3) is 0 Å². The standard InChI is InChI=1S/C17H18BrFO2/c1-2-21-17(12-6-4-3-5-7-12)16(20)11-13-10-14(18)8-9-15(13)19/h3-10,16-17,20H,2,11H2,1H3. The van der Waals surface area contributed by atoms with E-state index in [2.05, 4.69) is 15.9 Å². The van der Waals surface area contributed by atoms with E-state index in [-0.39, 0.29) is 12.2 Å². The molecule has 2 unspecified atom stereocenters. The summed E-state index contributed by atoms with van der Waals surface area (Å²) in [6.07, 6.45) is -1.07. The van der Waals surface area contributed by atoms with Crippen LogP contribution in [0.3, 0.4) is 0 Å². The zero-order valence-electron chi connectivity index (χ0n) is 11.8. The van der Waals surface area contributed by atoms with Crippen molar-refractivity contribution in [3.8, 4) is 0 Å². The lowest BCUT2D eigenvalue weighted by Gasteiger charge is -2.23. The van der Waals surface area contributed by atoms with Crippen molar-refractivity contribution in [2.75, 3.05) is 6.61 Å². The van der Waals surface area contributed by atoms with Crippen LogP contribution in [0, 0.1) is 5.82 Å². The third-order valence-corrected chi connectivity index (χ3v) is 3.75. The third kappa shape index (κ3) is 4.37. The molecule has 0 fully saturated rings. The van der Waals surface area contributed by atoms with Gasteiger partial charge in [-0.05, 0) is 36.2 Å². The van der Waals surface area contributed by atoms with Gasteiger partial charge in [-0.25, -0.2) is 4.39 Å². The molecule has 4 heteroatoms. The lowest BCUT2D eigenvalue weighted by atomic mass is 9.98.